The van der Waals surface area contributed by atoms with Crippen molar-refractivity contribution in [2.75, 3.05) is 25.6 Å². The Labute approximate surface area is 183 Å². The highest BCUT2D eigenvalue weighted by molar-refractivity contribution is 7.89. The number of amides is 2. The number of piperidine rings is 1. The van der Waals surface area contributed by atoms with Gasteiger partial charge in [0.05, 0.1) is 7.11 Å². The van der Waals surface area contributed by atoms with Crippen molar-refractivity contribution in [3.63, 3.8) is 0 Å². The summed E-state index contributed by atoms with van der Waals surface area (Å²) in [4.78, 5) is 16.2. The molecule has 31 heavy (non-hydrogen) atoms. The predicted molar refractivity (Wildman–Crippen MR) is 118 cm³/mol. The average molecular weight is 448 g/mol. The molecule has 2 aromatic rings. The number of carbonyl (C=O) groups excluding carboxylic acids is 1. The largest absolute Gasteiger partial charge is 0.497 e. The highest BCUT2D eigenvalue weighted by Gasteiger charge is 2.31. The Morgan fingerprint density at radius 2 is 1.81 bits per heavy atom. The zero-order valence-electron chi connectivity index (χ0n) is 18.0. The molecule has 0 unspecified atom stereocenters. The van der Waals surface area contributed by atoms with Crippen molar-refractivity contribution >= 4 is 21.9 Å². The lowest BCUT2D eigenvalue weighted by molar-refractivity contribution is 0.222. The summed E-state index contributed by atoms with van der Waals surface area (Å²) in [6, 6.07) is 9.92. The minimum atomic E-state index is -3.59. The van der Waals surface area contributed by atoms with E-state index >= 15 is 0 Å². The summed E-state index contributed by atoms with van der Waals surface area (Å²) in [6.45, 7) is 5.50. The Morgan fingerprint density at radius 1 is 1.13 bits per heavy atom. The Morgan fingerprint density at radius 3 is 2.39 bits per heavy atom. The Bertz CT molecular complexity index is 970. The molecule has 0 saturated carbocycles. The topological polar surface area (TPSA) is 113 Å². The van der Waals surface area contributed by atoms with Gasteiger partial charge in [-0.1, -0.05) is 26.0 Å². The highest BCUT2D eigenvalue weighted by Crippen LogP contribution is 2.26. The van der Waals surface area contributed by atoms with Gasteiger partial charge in [-0.25, -0.2) is 18.2 Å². The summed E-state index contributed by atoms with van der Waals surface area (Å²) in [5.74, 6) is 1.73. The third-order valence-electron chi connectivity index (χ3n) is 5.13. The minimum Gasteiger partial charge on any atom is -0.497 e. The third kappa shape index (κ3) is 6.08. The fourth-order valence-corrected chi connectivity index (χ4v) is 5.27. The molecule has 9 nitrogen and oxygen atoms in total. The van der Waals surface area contributed by atoms with E-state index in [0.29, 0.717) is 37.3 Å². The van der Waals surface area contributed by atoms with Crippen molar-refractivity contribution in [3.05, 3.63) is 48.2 Å². The smallest absolute Gasteiger partial charge is 0.333 e. The van der Waals surface area contributed by atoms with Crippen molar-refractivity contribution in [1.82, 2.24) is 20.0 Å². The van der Waals surface area contributed by atoms with E-state index < -0.39 is 16.1 Å². The molecule has 3 N–H and O–H groups in total. The second-order valence-electron chi connectivity index (χ2n) is 7.93. The number of urea groups is 1. The monoisotopic (exact) mass is 447 g/mol. The van der Waals surface area contributed by atoms with Crippen LogP contribution in [-0.2, 0) is 16.6 Å². The van der Waals surface area contributed by atoms with E-state index in [1.807, 2.05) is 24.3 Å². The van der Waals surface area contributed by atoms with Gasteiger partial charge in [-0.05, 0) is 48.1 Å². The fraction of sp³-hybridized carbons (Fsp3) is 0.429. The number of carbonyl (C=O) groups is 1. The molecule has 3 rings (SSSR count). The summed E-state index contributed by atoms with van der Waals surface area (Å²) < 4.78 is 32.4. The van der Waals surface area contributed by atoms with Crippen LogP contribution in [0.15, 0.2) is 47.5 Å². The number of nitrogens with one attached hydrogen (secondary N) is 3. The number of pyridine rings is 1. The van der Waals surface area contributed by atoms with E-state index in [2.05, 4.69) is 35.0 Å². The molecule has 1 aromatic heterocycles. The number of ether oxygens (including phenoxy) is 1. The van der Waals surface area contributed by atoms with E-state index in [0.717, 1.165) is 17.7 Å². The van der Waals surface area contributed by atoms with Crippen LogP contribution in [-0.4, -0.2) is 43.9 Å². The molecule has 2 heterocycles. The van der Waals surface area contributed by atoms with Gasteiger partial charge in [0.2, 0.25) is 10.0 Å². The van der Waals surface area contributed by atoms with Gasteiger partial charge in [-0.15, -0.1) is 0 Å². The van der Waals surface area contributed by atoms with Crippen molar-refractivity contribution in [3.8, 4) is 5.75 Å². The first-order chi connectivity index (χ1) is 14.8. The summed E-state index contributed by atoms with van der Waals surface area (Å²) in [6.07, 6.45) is 2.33. The molecular weight excluding hydrogens is 418 g/mol. The van der Waals surface area contributed by atoms with Crippen LogP contribution in [0.1, 0.15) is 25.8 Å². The lowest BCUT2D eigenvalue weighted by Crippen LogP contribution is -2.42. The molecule has 2 amide bonds. The number of nitrogens with zero attached hydrogens (tertiary/aromatic N) is 2. The SMILES string of the molecule is COc1ccc(CNC(=O)NNc2ccc(S(=O)(=O)N3C[C@H](C)C[C@@H](C)C3)cn2)cc1. The Kier molecular flexibility index (Phi) is 7.34. The summed E-state index contributed by atoms with van der Waals surface area (Å²) in [7, 11) is -1.99. The second kappa shape index (κ2) is 9.97. The summed E-state index contributed by atoms with van der Waals surface area (Å²) >= 11 is 0. The molecule has 2 atom stereocenters. The van der Waals surface area contributed by atoms with Gasteiger partial charge < -0.3 is 10.1 Å². The van der Waals surface area contributed by atoms with Crippen LogP contribution in [0.5, 0.6) is 5.75 Å². The standard InChI is InChI=1S/C21H29N5O4S/c1-15-10-16(2)14-26(13-15)31(28,29)19-8-9-20(22-12-19)24-25-21(27)23-11-17-4-6-18(30-3)7-5-17/h4-9,12,15-16H,10-11,13-14H2,1-3H3,(H,22,24)(H2,23,25,27)/t15-,16-/m1/s1. The fourth-order valence-electron chi connectivity index (χ4n) is 3.65. The maximum Gasteiger partial charge on any atom is 0.333 e. The molecule has 1 aliphatic rings. The van der Waals surface area contributed by atoms with E-state index in [4.69, 9.17) is 4.74 Å². The normalized spacial score (nSPS) is 19.5. The zero-order valence-corrected chi connectivity index (χ0v) is 18.8. The number of rotatable bonds is 7. The van der Waals surface area contributed by atoms with Gasteiger partial charge in [0, 0.05) is 25.8 Å². The molecule has 0 bridgehead atoms. The van der Waals surface area contributed by atoms with Crippen LogP contribution in [0.3, 0.4) is 0 Å². The molecule has 1 aliphatic heterocycles. The Hall–Kier alpha value is -2.85. The van der Waals surface area contributed by atoms with E-state index in [1.165, 1.54) is 22.6 Å². The van der Waals surface area contributed by atoms with Crippen LogP contribution in [0, 0.1) is 11.8 Å². The van der Waals surface area contributed by atoms with Crippen molar-refractivity contribution in [2.45, 2.75) is 31.7 Å². The highest BCUT2D eigenvalue weighted by atomic mass is 32.2. The number of hydrazine groups is 1. The first kappa shape index (κ1) is 22.8. The number of anilines is 1. The van der Waals surface area contributed by atoms with Gasteiger partial charge >= 0.3 is 6.03 Å². The molecule has 0 aliphatic carbocycles. The maximum absolute atomic E-state index is 12.9. The molecule has 0 spiro atoms. The minimum absolute atomic E-state index is 0.142. The molecule has 1 saturated heterocycles. The molecule has 168 valence electrons. The van der Waals surface area contributed by atoms with Gasteiger partial charge in [-0.2, -0.15) is 4.31 Å². The zero-order chi connectivity index (χ0) is 22.4. The summed E-state index contributed by atoms with van der Waals surface area (Å²) in [5, 5.41) is 2.71. The first-order valence-electron chi connectivity index (χ1n) is 10.2. The first-order valence-corrected chi connectivity index (χ1v) is 11.6. The van der Waals surface area contributed by atoms with Crippen LogP contribution in [0.2, 0.25) is 0 Å². The quantitative estimate of drug-likeness (QED) is 0.563. The van der Waals surface area contributed by atoms with Crippen LogP contribution >= 0.6 is 0 Å². The number of sulfonamides is 1. The molecule has 1 fully saturated rings. The molecule has 10 heteroatoms. The predicted octanol–water partition coefficient (Wildman–Crippen LogP) is 2.58. The average Bonchev–Trinajstić information content (AvgIpc) is 2.76. The number of hydrogen-bond donors (Lipinski definition) is 3. The number of methoxy groups -OCH3 is 1. The Balaban J connectivity index is 1.51. The van der Waals surface area contributed by atoms with E-state index in [9.17, 15) is 13.2 Å². The number of aromatic nitrogens is 1. The van der Waals surface area contributed by atoms with Crippen LogP contribution in [0.4, 0.5) is 10.6 Å². The molecule has 0 radical (unpaired) electrons. The third-order valence-corrected chi connectivity index (χ3v) is 6.94. The van der Waals surface area contributed by atoms with Crippen molar-refractivity contribution in [1.29, 1.82) is 0 Å². The number of hydrogen-bond acceptors (Lipinski definition) is 6. The van der Waals surface area contributed by atoms with E-state index in [-0.39, 0.29) is 4.90 Å². The van der Waals surface area contributed by atoms with Gasteiger partial charge in [0.25, 0.3) is 0 Å². The maximum atomic E-state index is 12.9. The van der Waals surface area contributed by atoms with E-state index in [1.54, 1.807) is 7.11 Å². The lowest BCUT2D eigenvalue weighted by atomic mass is 9.94. The summed E-state index contributed by atoms with van der Waals surface area (Å²) in [5.41, 5.74) is 6.07. The van der Waals surface area contributed by atoms with Gasteiger partial charge in [0.1, 0.15) is 16.5 Å². The van der Waals surface area contributed by atoms with Gasteiger partial charge in [0.15, 0.2) is 0 Å². The van der Waals surface area contributed by atoms with Gasteiger partial charge in [-0.3, -0.25) is 10.9 Å². The second-order valence-corrected chi connectivity index (χ2v) is 9.87. The van der Waals surface area contributed by atoms with Crippen molar-refractivity contribution in [2.24, 2.45) is 11.8 Å². The number of benzene rings is 1. The lowest BCUT2D eigenvalue weighted by Gasteiger charge is -2.33. The molecular formula is C21H29N5O4S. The van der Waals surface area contributed by atoms with Crippen molar-refractivity contribution < 1.29 is 17.9 Å². The molecule has 1 aromatic carbocycles. The van der Waals surface area contributed by atoms with Crippen LogP contribution in [0.25, 0.3) is 0 Å². The van der Waals surface area contributed by atoms with Crippen LogP contribution < -0.4 is 20.9 Å².